The second kappa shape index (κ2) is 6.40. The van der Waals surface area contributed by atoms with E-state index in [1.165, 1.54) is 0 Å². The van der Waals surface area contributed by atoms with E-state index < -0.39 is 0 Å². The van der Waals surface area contributed by atoms with Gasteiger partial charge in [0.2, 0.25) is 0 Å². The fourth-order valence-corrected chi connectivity index (χ4v) is 2.89. The minimum atomic E-state index is -0.0563. The van der Waals surface area contributed by atoms with E-state index in [2.05, 4.69) is 0 Å². The van der Waals surface area contributed by atoms with Crippen molar-refractivity contribution < 1.29 is 19.4 Å². The lowest BCUT2D eigenvalue weighted by Gasteiger charge is -2.16. The fraction of sp³-hybridized carbons (Fsp3) is 0.250. The molecule has 1 N–H and O–H groups in total. The van der Waals surface area contributed by atoms with Gasteiger partial charge in [0.15, 0.2) is 17.3 Å². The molecule has 0 aromatic heterocycles. The van der Waals surface area contributed by atoms with Gasteiger partial charge >= 0.3 is 0 Å². The van der Waals surface area contributed by atoms with Crippen LogP contribution in [0.25, 0.3) is 6.08 Å². The maximum absolute atomic E-state index is 12.6. The first-order chi connectivity index (χ1) is 11.5. The number of ketones is 1. The Labute approximate surface area is 141 Å². The number of para-hydroxylation sites is 1. The first-order valence-electron chi connectivity index (χ1n) is 7.91. The van der Waals surface area contributed by atoms with E-state index in [1.54, 1.807) is 25.3 Å². The molecule has 0 saturated carbocycles. The average molecular weight is 324 g/mol. The van der Waals surface area contributed by atoms with E-state index in [4.69, 9.17) is 9.47 Å². The number of carbonyl (C=O) groups excluding carboxylic acids is 1. The number of aromatic hydroxyl groups is 1. The minimum Gasteiger partial charge on any atom is -0.508 e. The summed E-state index contributed by atoms with van der Waals surface area (Å²) in [6, 6.07) is 10.6. The molecule has 4 heteroatoms. The van der Waals surface area contributed by atoms with Crippen LogP contribution in [0.2, 0.25) is 0 Å². The van der Waals surface area contributed by atoms with Gasteiger partial charge in [0.1, 0.15) is 5.75 Å². The molecule has 0 bridgehead atoms. The third-order valence-electron chi connectivity index (χ3n) is 3.97. The highest BCUT2D eigenvalue weighted by molar-refractivity contribution is 6.16. The SMILES string of the molecule is COc1cccc(/C=C2\Cc3c(O)cccc3C2=O)c1OC(C)C. The number of benzene rings is 2. The van der Waals surface area contributed by atoms with E-state index in [9.17, 15) is 9.90 Å². The van der Waals surface area contributed by atoms with E-state index in [-0.39, 0.29) is 17.6 Å². The maximum Gasteiger partial charge on any atom is 0.189 e. The van der Waals surface area contributed by atoms with Crippen LogP contribution in [0.5, 0.6) is 17.2 Å². The Morgan fingerprint density at radius 3 is 2.58 bits per heavy atom. The van der Waals surface area contributed by atoms with Crippen LogP contribution in [-0.4, -0.2) is 24.1 Å². The third kappa shape index (κ3) is 2.87. The van der Waals surface area contributed by atoms with Crippen molar-refractivity contribution >= 4 is 11.9 Å². The third-order valence-corrected chi connectivity index (χ3v) is 3.97. The van der Waals surface area contributed by atoms with Gasteiger partial charge in [-0.05, 0) is 32.1 Å². The molecule has 0 atom stereocenters. The Bertz CT molecular complexity index is 818. The molecule has 0 spiro atoms. The molecule has 124 valence electrons. The van der Waals surface area contributed by atoms with Crippen LogP contribution in [0.1, 0.15) is 35.3 Å². The van der Waals surface area contributed by atoms with Gasteiger partial charge in [-0.3, -0.25) is 4.79 Å². The Balaban J connectivity index is 2.04. The van der Waals surface area contributed by atoms with Gasteiger partial charge in [0.25, 0.3) is 0 Å². The molecule has 0 unspecified atom stereocenters. The van der Waals surface area contributed by atoms with Crippen molar-refractivity contribution in [2.24, 2.45) is 0 Å². The lowest BCUT2D eigenvalue weighted by Crippen LogP contribution is -2.08. The molecule has 3 rings (SSSR count). The Morgan fingerprint density at radius 2 is 1.92 bits per heavy atom. The number of methoxy groups -OCH3 is 1. The molecule has 2 aromatic carbocycles. The number of ether oxygens (including phenoxy) is 2. The zero-order chi connectivity index (χ0) is 17.3. The standard InChI is InChI=1S/C20H20O4/c1-12(2)24-20-13(6-4-9-18(20)23-3)10-14-11-16-15(19(14)22)7-5-8-17(16)21/h4-10,12,21H,11H2,1-3H3/b14-10+. The molecule has 1 aliphatic carbocycles. The summed E-state index contributed by atoms with van der Waals surface area (Å²) in [6.45, 7) is 3.88. The summed E-state index contributed by atoms with van der Waals surface area (Å²) < 4.78 is 11.3. The summed E-state index contributed by atoms with van der Waals surface area (Å²) in [5.41, 5.74) is 2.67. The molecule has 0 fully saturated rings. The van der Waals surface area contributed by atoms with E-state index in [1.807, 2.05) is 38.1 Å². The normalized spacial score (nSPS) is 15.0. The summed E-state index contributed by atoms with van der Waals surface area (Å²) in [4.78, 5) is 12.6. The first-order valence-corrected chi connectivity index (χ1v) is 7.91. The van der Waals surface area contributed by atoms with Crippen molar-refractivity contribution in [1.29, 1.82) is 0 Å². The molecular formula is C20H20O4. The molecule has 0 amide bonds. The first kappa shape index (κ1) is 16.1. The van der Waals surface area contributed by atoms with E-state index in [0.29, 0.717) is 34.6 Å². The maximum atomic E-state index is 12.6. The van der Waals surface area contributed by atoms with Crippen LogP contribution < -0.4 is 9.47 Å². The topological polar surface area (TPSA) is 55.8 Å². The summed E-state index contributed by atoms with van der Waals surface area (Å²) in [6.07, 6.45) is 2.22. The van der Waals surface area contributed by atoms with Crippen molar-refractivity contribution in [2.45, 2.75) is 26.4 Å². The molecular weight excluding hydrogens is 304 g/mol. The van der Waals surface area contributed by atoms with Gasteiger partial charge in [-0.25, -0.2) is 0 Å². The highest BCUT2D eigenvalue weighted by atomic mass is 16.5. The van der Waals surface area contributed by atoms with Gasteiger partial charge in [-0.2, -0.15) is 0 Å². The Morgan fingerprint density at radius 1 is 1.17 bits per heavy atom. The smallest absolute Gasteiger partial charge is 0.189 e. The van der Waals surface area contributed by atoms with Gasteiger partial charge in [-0.15, -0.1) is 0 Å². The fourth-order valence-electron chi connectivity index (χ4n) is 2.89. The van der Waals surface area contributed by atoms with Crippen molar-refractivity contribution in [3.63, 3.8) is 0 Å². The van der Waals surface area contributed by atoms with Crippen LogP contribution >= 0.6 is 0 Å². The number of allylic oxidation sites excluding steroid dienone is 1. The number of phenols is 1. The highest BCUT2D eigenvalue weighted by Crippen LogP contribution is 2.37. The quantitative estimate of drug-likeness (QED) is 0.863. The predicted molar refractivity (Wildman–Crippen MR) is 92.9 cm³/mol. The molecule has 2 aromatic rings. The van der Waals surface area contributed by atoms with E-state index in [0.717, 1.165) is 5.56 Å². The molecule has 0 aliphatic heterocycles. The largest absolute Gasteiger partial charge is 0.508 e. The second-order valence-electron chi connectivity index (χ2n) is 6.02. The molecule has 24 heavy (non-hydrogen) atoms. The highest BCUT2D eigenvalue weighted by Gasteiger charge is 2.27. The number of phenolic OH excluding ortho intramolecular Hbond substituents is 1. The molecule has 0 radical (unpaired) electrons. The van der Waals surface area contributed by atoms with Crippen LogP contribution in [-0.2, 0) is 6.42 Å². The van der Waals surface area contributed by atoms with Crippen molar-refractivity contribution in [2.75, 3.05) is 7.11 Å². The van der Waals surface area contributed by atoms with Gasteiger partial charge in [-0.1, -0.05) is 24.3 Å². The number of carbonyl (C=O) groups is 1. The zero-order valence-corrected chi connectivity index (χ0v) is 14.0. The number of fused-ring (bicyclic) bond motifs is 1. The molecule has 4 nitrogen and oxygen atoms in total. The van der Waals surface area contributed by atoms with Crippen molar-refractivity contribution in [3.05, 3.63) is 58.7 Å². The summed E-state index contributed by atoms with van der Waals surface area (Å²) in [5, 5.41) is 9.96. The molecule has 1 aliphatic rings. The predicted octanol–water partition coefficient (Wildman–Crippen LogP) is 4.01. The van der Waals surface area contributed by atoms with Crippen LogP contribution in [0.3, 0.4) is 0 Å². The minimum absolute atomic E-state index is 0.0148. The summed E-state index contributed by atoms with van der Waals surface area (Å²) in [7, 11) is 1.59. The number of hydrogen-bond acceptors (Lipinski definition) is 4. The van der Waals surface area contributed by atoms with Gasteiger partial charge < -0.3 is 14.6 Å². The lowest BCUT2D eigenvalue weighted by atomic mass is 10.1. The second-order valence-corrected chi connectivity index (χ2v) is 6.02. The number of hydrogen-bond donors (Lipinski definition) is 1. The molecule has 0 heterocycles. The summed E-state index contributed by atoms with van der Waals surface area (Å²) in [5.74, 6) is 1.35. The number of Topliss-reactive ketones (excluding diaryl/α,β-unsaturated/α-hetero) is 1. The monoisotopic (exact) mass is 324 g/mol. The van der Waals surface area contributed by atoms with Gasteiger partial charge in [0.05, 0.1) is 13.2 Å². The van der Waals surface area contributed by atoms with Crippen molar-refractivity contribution in [1.82, 2.24) is 0 Å². The average Bonchev–Trinajstić information content (AvgIpc) is 2.87. The van der Waals surface area contributed by atoms with Crippen molar-refractivity contribution in [3.8, 4) is 17.2 Å². The number of rotatable bonds is 4. The van der Waals surface area contributed by atoms with Crippen LogP contribution in [0.15, 0.2) is 42.0 Å². The van der Waals surface area contributed by atoms with Gasteiger partial charge in [0, 0.05) is 28.7 Å². The summed E-state index contributed by atoms with van der Waals surface area (Å²) >= 11 is 0. The lowest BCUT2D eigenvalue weighted by molar-refractivity contribution is 0.104. The Hall–Kier alpha value is -2.75. The van der Waals surface area contributed by atoms with E-state index >= 15 is 0 Å². The van der Waals surface area contributed by atoms with Crippen LogP contribution in [0, 0.1) is 0 Å². The molecule has 0 saturated heterocycles. The van der Waals surface area contributed by atoms with Crippen LogP contribution in [0.4, 0.5) is 0 Å². The Kier molecular flexibility index (Phi) is 4.30. The zero-order valence-electron chi connectivity index (χ0n) is 14.0.